The molecule has 0 radical (unpaired) electrons. The van der Waals surface area contributed by atoms with Crippen molar-refractivity contribution in [1.29, 1.82) is 0 Å². The van der Waals surface area contributed by atoms with Crippen molar-refractivity contribution in [3.05, 3.63) is 36.3 Å². The number of nitrogens with zero attached hydrogens (tertiary/aromatic N) is 3. The quantitative estimate of drug-likeness (QED) is 0.762. The lowest BCUT2D eigenvalue weighted by Gasteiger charge is -2.19. The summed E-state index contributed by atoms with van der Waals surface area (Å²) < 4.78 is 2.06. The van der Waals surface area contributed by atoms with Gasteiger partial charge in [0.1, 0.15) is 5.65 Å². The summed E-state index contributed by atoms with van der Waals surface area (Å²) in [6.07, 6.45) is 4.12. The van der Waals surface area contributed by atoms with Crippen molar-refractivity contribution in [2.45, 2.75) is 26.4 Å². The fraction of sp³-hybridized carbons (Fsp3) is 0.417. The molecule has 0 atom stereocenters. The predicted molar refractivity (Wildman–Crippen MR) is 61.8 cm³/mol. The van der Waals surface area contributed by atoms with Crippen molar-refractivity contribution in [2.24, 2.45) is 0 Å². The highest BCUT2D eigenvalue weighted by Crippen LogP contribution is 2.07. The van der Waals surface area contributed by atoms with Gasteiger partial charge < -0.3 is 4.40 Å². The molecule has 80 valence electrons. The average Bonchev–Trinajstić information content (AvgIpc) is 2.59. The van der Waals surface area contributed by atoms with Gasteiger partial charge in [0.25, 0.3) is 0 Å². The summed E-state index contributed by atoms with van der Waals surface area (Å²) >= 11 is 0. The zero-order valence-corrected chi connectivity index (χ0v) is 9.51. The Kier molecular flexibility index (Phi) is 2.73. The molecule has 2 heterocycles. The fourth-order valence-electron chi connectivity index (χ4n) is 1.50. The highest BCUT2D eigenvalue weighted by Gasteiger charge is 2.06. The Bertz CT molecular complexity index is 412. The molecule has 0 bridgehead atoms. The maximum Gasteiger partial charge on any atom is 0.137 e. The van der Waals surface area contributed by atoms with Crippen LogP contribution in [0, 0.1) is 0 Å². The summed E-state index contributed by atoms with van der Waals surface area (Å²) in [6.45, 7) is 5.28. The van der Waals surface area contributed by atoms with E-state index in [1.165, 1.54) is 0 Å². The SMILES string of the molecule is CC(C)N(C)Cc1cn2ccccc2n1. The van der Waals surface area contributed by atoms with Crippen LogP contribution in [0.3, 0.4) is 0 Å². The van der Waals surface area contributed by atoms with Crippen LogP contribution in [0.4, 0.5) is 0 Å². The maximum atomic E-state index is 4.56. The molecule has 0 unspecified atom stereocenters. The van der Waals surface area contributed by atoms with E-state index in [9.17, 15) is 0 Å². The minimum absolute atomic E-state index is 0.551. The average molecular weight is 203 g/mol. The van der Waals surface area contributed by atoms with E-state index >= 15 is 0 Å². The minimum Gasteiger partial charge on any atom is -0.307 e. The van der Waals surface area contributed by atoms with E-state index < -0.39 is 0 Å². The lowest BCUT2D eigenvalue weighted by Crippen LogP contribution is -2.25. The van der Waals surface area contributed by atoms with Gasteiger partial charge in [0, 0.05) is 25.0 Å². The molecule has 2 aromatic rings. The van der Waals surface area contributed by atoms with Gasteiger partial charge in [0.05, 0.1) is 5.69 Å². The van der Waals surface area contributed by atoms with Gasteiger partial charge in [0.15, 0.2) is 0 Å². The van der Waals surface area contributed by atoms with E-state index in [0.717, 1.165) is 17.9 Å². The molecule has 0 saturated carbocycles. The first kappa shape index (κ1) is 10.2. The normalized spacial score (nSPS) is 11.8. The number of hydrogen-bond donors (Lipinski definition) is 0. The molecule has 0 aromatic carbocycles. The van der Waals surface area contributed by atoms with Gasteiger partial charge in [-0.1, -0.05) is 6.07 Å². The summed E-state index contributed by atoms with van der Waals surface area (Å²) in [5.74, 6) is 0. The first-order valence-electron chi connectivity index (χ1n) is 5.29. The van der Waals surface area contributed by atoms with Gasteiger partial charge in [-0.05, 0) is 33.0 Å². The third kappa shape index (κ3) is 2.18. The number of rotatable bonds is 3. The molecule has 0 aliphatic rings. The van der Waals surface area contributed by atoms with Crippen LogP contribution in [0.5, 0.6) is 0 Å². The summed E-state index contributed by atoms with van der Waals surface area (Å²) in [5, 5.41) is 0. The molecule has 0 amide bonds. The highest BCUT2D eigenvalue weighted by atomic mass is 15.1. The lowest BCUT2D eigenvalue weighted by atomic mass is 10.3. The van der Waals surface area contributed by atoms with Crippen LogP contribution in [-0.2, 0) is 6.54 Å². The van der Waals surface area contributed by atoms with Gasteiger partial charge in [-0.15, -0.1) is 0 Å². The fourth-order valence-corrected chi connectivity index (χ4v) is 1.50. The summed E-state index contributed by atoms with van der Waals surface area (Å²) in [7, 11) is 2.12. The predicted octanol–water partition coefficient (Wildman–Crippen LogP) is 2.17. The van der Waals surface area contributed by atoms with E-state index in [0.29, 0.717) is 6.04 Å². The van der Waals surface area contributed by atoms with Crippen molar-refractivity contribution in [2.75, 3.05) is 7.05 Å². The molecule has 15 heavy (non-hydrogen) atoms. The second kappa shape index (κ2) is 4.03. The first-order valence-corrected chi connectivity index (χ1v) is 5.29. The van der Waals surface area contributed by atoms with Gasteiger partial charge in [0.2, 0.25) is 0 Å². The molecule has 2 rings (SSSR count). The zero-order chi connectivity index (χ0) is 10.8. The lowest BCUT2D eigenvalue weighted by molar-refractivity contribution is 0.263. The molecule has 0 aliphatic heterocycles. The Morgan fingerprint density at radius 2 is 2.20 bits per heavy atom. The van der Waals surface area contributed by atoms with Gasteiger partial charge in [-0.25, -0.2) is 4.98 Å². The third-order valence-electron chi connectivity index (χ3n) is 2.71. The van der Waals surface area contributed by atoms with Crippen molar-refractivity contribution < 1.29 is 0 Å². The summed E-state index contributed by atoms with van der Waals surface area (Å²) in [5.41, 5.74) is 2.14. The van der Waals surface area contributed by atoms with E-state index in [2.05, 4.69) is 41.4 Å². The minimum atomic E-state index is 0.551. The van der Waals surface area contributed by atoms with Crippen LogP contribution in [0.2, 0.25) is 0 Å². The van der Waals surface area contributed by atoms with Crippen molar-refractivity contribution in [1.82, 2.24) is 14.3 Å². The van der Waals surface area contributed by atoms with Crippen molar-refractivity contribution in [3.63, 3.8) is 0 Å². The molecular weight excluding hydrogens is 186 g/mol. The van der Waals surface area contributed by atoms with E-state index in [-0.39, 0.29) is 0 Å². The molecule has 2 aromatic heterocycles. The topological polar surface area (TPSA) is 20.5 Å². The van der Waals surface area contributed by atoms with E-state index in [1.54, 1.807) is 0 Å². The standard InChI is InChI=1S/C12H17N3/c1-10(2)14(3)8-11-9-15-7-5-4-6-12(15)13-11/h4-7,9-10H,8H2,1-3H3. The van der Waals surface area contributed by atoms with Crippen molar-refractivity contribution >= 4 is 5.65 Å². The number of aromatic nitrogens is 2. The van der Waals surface area contributed by atoms with Gasteiger partial charge in [-0.2, -0.15) is 0 Å². The smallest absolute Gasteiger partial charge is 0.137 e. The van der Waals surface area contributed by atoms with E-state index in [4.69, 9.17) is 0 Å². The molecular formula is C12H17N3. The van der Waals surface area contributed by atoms with Crippen molar-refractivity contribution in [3.8, 4) is 0 Å². The highest BCUT2D eigenvalue weighted by molar-refractivity contribution is 5.39. The third-order valence-corrected chi connectivity index (χ3v) is 2.71. The van der Waals surface area contributed by atoms with E-state index in [1.807, 2.05) is 24.4 Å². The Morgan fingerprint density at radius 1 is 1.40 bits per heavy atom. The zero-order valence-electron chi connectivity index (χ0n) is 9.51. The maximum absolute atomic E-state index is 4.56. The first-order chi connectivity index (χ1) is 7.16. The Labute approximate surface area is 90.4 Å². The van der Waals surface area contributed by atoms with Crippen LogP contribution in [-0.4, -0.2) is 27.4 Å². The molecule has 0 saturated heterocycles. The monoisotopic (exact) mass is 203 g/mol. The second-order valence-corrected chi connectivity index (χ2v) is 4.21. The molecule has 3 heteroatoms. The Hall–Kier alpha value is -1.35. The Morgan fingerprint density at radius 3 is 2.87 bits per heavy atom. The molecule has 0 aliphatic carbocycles. The number of hydrogen-bond acceptors (Lipinski definition) is 2. The largest absolute Gasteiger partial charge is 0.307 e. The number of imidazole rings is 1. The van der Waals surface area contributed by atoms with Gasteiger partial charge in [-0.3, -0.25) is 4.90 Å². The van der Waals surface area contributed by atoms with Crippen LogP contribution in [0.1, 0.15) is 19.5 Å². The van der Waals surface area contributed by atoms with Crippen LogP contribution in [0.15, 0.2) is 30.6 Å². The molecule has 0 N–H and O–H groups in total. The van der Waals surface area contributed by atoms with Crippen LogP contribution < -0.4 is 0 Å². The summed E-state index contributed by atoms with van der Waals surface area (Å²) in [4.78, 5) is 6.84. The molecule has 0 spiro atoms. The molecule has 0 fully saturated rings. The Balaban J connectivity index is 2.22. The second-order valence-electron chi connectivity index (χ2n) is 4.21. The summed E-state index contributed by atoms with van der Waals surface area (Å²) in [6, 6.07) is 6.61. The number of fused-ring (bicyclic) bond motifs is 1. The molecule has 3 nitrogen and oxygen atoms in total. The van der Waals surface area contributed by atoms with Crippen LogP contribution >= 0.6 is 0 Å². The van der Waals surface area contributed by atoms with Crippen LogP contribution in [0.25, 0.3) is 5.65 Å². The van der Waals surface area contributed by atoms with Gasteiger partial charge >= 0.3 is 0 Å². The number of pyridine rings is 1.